The van der Waals surface area contributed by atoms with Crippen LogP contribution in [0.15, 0.2) is 0 Å². The predicted molar refractivity (Wildman–Crippen MR) is 44.5 cm³/mol. The third-order valence-electron chi connectivity index (χ3n) is 2.64. The van der Waals surface area contributed by atoms with Crippen LogP contribution in [-0.4, -0.2) is 13.2 Å². The molecule has 0 heterocycles. The molecule has 2 unspecified atom stereocenters. The molecule has 11 heavy (non-hydrogen) atoms. The third-order valence-corrected chi connectivity index (χ3v) is 4.44. The minimum absolute atomic E-state index is 0.308. The van der Waals surface area contributed by atoms with Crippen molar-refractivity contribution in [3.8, 4) is 0 Å². The second-order valence-electron chi connectivity index (χ2n) is 3.55. The van der Waals surface area contributed by atoms with E-state index in [1.807, 2.05) is 0 Å². The highest BCUT2D eigenvalue weighted by Crippen LogP contribution is 2.51. The molecule has 4 heteroatoms. The van der Waals surface area contributed by atoms with Gasteiger partial charge in [0.1, 0.15) is 0 Å². The number of nitrogens with two attached hydrogens (primary N) is 1. The van der Waals surface area contributed by atoms with Crippen LogP contribution in [0.3, 0.4) is 0 Å². The number of primary sulfonamides is 1. The standard InChI is InChI=1S/C7H15NO2S/c1-3-4-6-5-7(6,2)11(8,9)10/h6H,3-5H2,1-2H3,(H2,8,9,10). The first-order valence-electron chi connectivity index (χ1n) is 3.94. The Morgan fingerprint density at radius 1 is 1.64 bits per heavy atom. The van der Waals surface area contributed by atoms with E-state index < -0.39 is 14.8 Å². The highest BCUT2D eigenvalue weighted by Gasteiger charge is 2.57. The van der Waals surface area contributed by atoms with E-state index in [0.29, 0.717) is 5.92 Å². The Morgan fingerprint density at radius 2 is 2.18 bits per heavy atom. The summed E-state index contributed by atoms with van der Waals surface area (Å²) in [5.74, 6) is 0.308. The Bertz CT molecular complexity index is 247. The quantitative estimate of drug-likeness (QED) is 0.694. The molecule has 0 bridgehead atoms. The fourth-order valence-corrected chi connectivity index (χ4v) is 2.55. The molecule has 0 aromatic heterocycles. The highest BCUT2D eigenvalue weighted by atomic mass is 32.2. The van der Waals surface area contributed by atoms with Crippen LogP contribution in [0.2, 0.25) is 0 Å². The molecular formula is C7H15NO2S. The Balaban J connectivity index is 2.64. The smallest absolute Gasteiger partial charge is 0.214 e. The van der Waals surface area contributed by atoms with E-state index in [4.69, 9.17) is 5.14 Å². The van der Waals surface area contributed by atoms with Gasteiger partial charge < -0.3 is 0 Å². The molecule has 1 fully saturated rings. The van der Waals surface area contributed by atoms with Gasteiger partial charge in [-0.15, -0.1) is 0 Å². The Morgan fingerprint density at radius 3 is 2.45 bits per heavy atom. The molecule has 66 valence electrons. The van der Waals surface area contributed by atoms with Crippen LogP contribution >= 0.6 is 0 Å². The van der Waals surface area contributed by atoms with Crippen molar-refractivity contribution in [1.29, 1.82) is 0 Å². The van der Waals surface area contributed by atoms with Crippen molar-refractivity contribution in [2.45, 2.75) is 37.9 Å². The maximum atomic E-state index is 11.0. The molecule has 2 N–H and O–H groups in total. The molecule has 1 aliphatic carbocycles. The monoisotopic (exact) mass is 177 g/mol. The summed E-state index contributed by atoms with van der Waals surface area (Å²) in [6.07, 6.45) is 2.77. The van der Waals surface area contributed by atoms with Crippen molar-refractivity contribution < 1.29 is 8.42 Å². The molecule has 2 atom stereocenters. The van der Waals surface area contributed by atoms with Crippen molar-refractivity contribution in [1.82, 2.24) is 0 Å². The van der Waals surface area contributed by atoms with Gasteiger partial charge in [0, 0.05) is 0 Å². The van der Waals surface area contributed by atoms with Crippen LogP contribution in [0.1, 0.15) is 33.1 Å². The zero-order chi connectivity index (χ0) is 8.70. The van der Waals surface area contributed by atoms with E-state index in [0.717, 1.165) is 19.3 Å². The Labute approximate surface area is 68.0 Å². The molecule has 0 amide bonds. The van der Waals surface area contributed by atoms with E-state index in [2.05, 4.69) is 6.92 Å². The minimum atomic E-state index is -3.30. The van der Waals surface area contributed by atoms with Gasteiger partial charge in [0.05, 0.1) is 4.75 Å². The number of hydrogen-bond acceptors (Lipinski definition) is 2. The van der Waals surface area contributed by atoms with Crippen LogP contribution in [0.25, 0.3) is 0 Å². The van der Waals surface area contributed by atoms with Crippen molar-refractivity contribution in [3.05, 3.63) is 0 Å². The molecule has 1 saturated carbocycles. The number of sulfonamides is 1. The van der Waals surface area contributed by atoms with Crippen LogP contribution in [0.4, 0.5) is 0 Å². The summed E-state index contributed by atoms with van der Waals surface area (Å²) in [4.78, 5) is 0. The summed E-state index contributed by atoms with van der Waals surface area (Å²) in [6.45, 7) is 3.80. The van der Waals surface area contributed by atoms with Gasteiger partial charge in [-0.3, -0.25) is 0 Å². The first-order chi connectivity index (χ1) is 4.92. The highest BCUT2D eigenvalue weighted by molar-refractivity contribution is 7.90. The Hall–Kier alpha value is -0.0900. The van der Waals surface area contributed by atoms with Crippen LogP contribution < -0.4 is 5.14 Å². The first-order valence-corrected chi connectivity index (χ1v) is 5.49. The third kappa shape index (κ3) is 1.42. The fraction of sp³-hybridized carbons (Fsp3) is 1.00. The molecule has 0 radical (unpaired) electrons. The summed E-state index contributed by atoms with van der Waals surface area (Å²) < 4.78 is 21.4. The van der Waals surface area contributed by atoms with Gasteiger partial charge in [0.2, 0.25) is 10.0 Å². The first kappa shape index (κ1) is 9.00. The van der Waals surface area contributed by atoms with Crippen molar-refractivity contribution >= 4 is 10.0 Å². The van der Waals surface area contributed by atoms with Crippen molar-refractivity contribution in [3.63, 3.8) is 0 Å². The second-order valence-corrected chi connectivity index (χ2v) is 5.57. The zero-order valence-electron chi connectivity index (χ0n) is 7.00. The van der Waals surface area contributed by atoms with Crippen LogP contribution in [0.5, 0.6) is 0 Å². The van der Waals surface area contributed by atoms with E-state index >= 15 is 0 Å². The molecule has 0 spiro atoms. The van der Waals surface area contributed by atoms with Gasteiger partial charge in [0.15, 0.2) is 0 Å². The number of hydrogen-bond donors (Lipinski definition) is 1. The van der Waals surface area contributed by atoms with Crippen LogP contribution in [-0.2, 0) is 10.0 Å². The molecule has 0 aliphatic heterocycles. The van der Waals surface area contributed by atoms with Gasteiger partial charge in [0.25, 0.3) is 0 Å². The largest absolute Gasteiger partial charge is 0.228 e. The lowest BCUT2D eigenvalue weighted by atomic mass is 10.2. The minimum Gasteiger partial charge on any atom is -0.228 e. The molecule has 3 nitrogen and oxygen atoms in total. The van der Waals surface area contributed by atoms with Gasteiger partial charge in [-0.2, -0.15) is 0 Å². The van der Waals surface area contributed by atoms with Gasteiger partial charge in [-0.05, 0) is 25.7 Å². The summed E-state index contributed by atoms with van der Waals surface area (Å²) in [6, 6.07) is 0. The lowest BCUT2D eigenvalue weighted by Gasteiger charge is -2.06. The van der Waals surface area contributed by atoms with Gasteiger partial charge in [-0.25, -0.2) is 13.6 Å². The molecule has 1 aliphatic rings. The van der Waals surface area contributed by atoms with Crippen LogP contribution in [0, 0.1) is 5.92 Å². The maximum absolute atomic E-state index is 11.0. The number of rotatable bonds is 3. The lowest BCUT2D eigenvalue weighted by Crippen LogP contribution is -2.29. The van der Waals surface area contributed by atoms with Crippen molar-refractivity contribution in [2.24, 2.45) is 11.1 Å². The summed E-state index contributed by atoms with van der Waals surface area (Å²) >= 11 is 0. The normalized spacial score (nSPS) is 37.2. The molecule has 1 rings (SSSR count). The van der Waals surface area contributed by atoms with Gasteiger partial charge in [-0.1, -0.05) is 13.3 Å². The van der Waals surface area contributed by atoms with Crippen molar-refractivity contribution in [2.75, 3.05) is 0 Å². The molecule has 0 aromatic rings. The Kier molecular flexibility index (Phi) is 2.01. The SMILES string of the molecule is CCCC1CC1(C)S(N)(=O)=O. The molecule has 0 aromatic carbocycles. The average Bonchev–Trinajstić information content (AvgIpc) is 2.43. The predicted octanol–water partition coefficient (Wildman–Crippen LogP) is 0.854. The van der Waals surface area contributed by atoms with E-state index in [1.165, 1.54) is 0 Å². The summed E-state index contributed by atoms with van der Waals surface area (Å²) in [5.41, 5.74) is 0. The average molecular weight is 177 g/mol. The molecular weight excluding hydrogens is 162 g/mol. The topological polar surface area (TPSA) is 60.2 Å². The fourth-order valence-electron chi connectivity index (χ4n) is 1.53. The summed E-state index contributed by atoms with van der Waals surface area (Å²) in [5, 5.41) is 5.07. The zero-order valence-corrected chi connectivity index (χ0v) is 7.82. The second kappa shape index (κ2) is 2.45. The van der Waals surface area contributed by atoms with E-state index in [1.54, 1.807) is 6.92 Å². The van der Waals surface area contributed by atoms with E-state index in [-0.39, 0.29) is 0 Å². The lowest BCUT2D eigenvalue weighted by molar-refractivity contribution is 0.569. The summed E-state index contributed by atoms with van der Waals surface area (Å²) in [7, 11) is -3.30. The maximum Gasteiger partial charge on any atom is 0.214 e. The van der Waals surface area contributed by atoms with E-state index in [9.17, 15) is 8.42 Å². The molecule has 0 saturated heterocycles. The van der Waals surface area contributed by atoms with Gasteiger partial charge >= 0.3 is 0 Å².